The molecule has 0 radical (unpaired) electrons. The minimum atomic E-state index is -3.66. The standard InChI is InChI=1S/C19H20ClFN4O3S/c1-11-22-18-14(23-13-7-6-12(21)9-15(13)29(2,26)27)10-16(20)24-19(18)25(11)17-5-3-4-8-28-17/h6-7,9-10,17H,3-5,8H2,1-2H3,(H,23,24). The summed E-state index contributed by atoms with van der Waals surface area (Å²) in [7, 11) is -3.66. The zero-order chi connectivity index (χ0) is 20.8. The highest BCUT2D eigenvalue weighted by Gasteiger charge is 2.24. The molecule has 0 saturated carbocycles. The van der Waals surface area contributed by atoms with E-state index in [-0.39, 0.29) is 22.0 Å². The summed E-state index contributed by atoms with van der Waals surface area (Å²) in [5, 5.41) is 3.27. The number of aryl methyl sites for hydroxylation is 1. The molecule has 7 nitrogen and oxygen atoms in total. The first-order chi connectivity index (χ1) is 13.7. The van der Waals surface area contributed by atoms with E-state index in [9.17, 15) is 12.8 Å². The van der Waals surface area contributed by atoms with E-state index in [0.717, 1.165) is 31.6 Å². The summed E-state index contributed by atoms with van der Waals surface area (Å²) >= 11 is 6.25. The first-order valence-corrected chi connectivity index (χ1v) is 11.4. The molecule has 1 aliphatic heterocycles. The van der Waals surface area contributed by atoms with Crippen molar-refractivity contribution in [2.45, 2.75) is 37.3 Å². The van der Waals surface area contributed by atoms with Gasteiger partial charge in [0.1, 0.15) is 28.5 Å². The number of rotatable bonds is 4. The van der Waals surface area contributed by atoms with Crippen molar-refractivity contribution in [3.63, 3.8) is 0 Å². The van der Waals surface area contributed by atoms with E-state index in [1.165, 1.54) is 12.1 Å². The van der Waals surface area contributed by atoms with Gasteiger partial charge in [0.05, 0.1) is 16.3 Å². The number of nitrogens with one attached hydrogen (secondary N) is 1. The molecule has 154 valence electrons. The Morgan fingerprint density at radius 1 is 1.24 bits per heavy atom. The molecule has 1 saturated heterocycles. The molecule has 10 heteroatoms. The van der Waals surface area contributed by atoms with Crippen LogP contribution in [0, 0.1) is 12.7 Å². The molecule has 0 aliphatic carbocycles. The van der Waals surface area contributed by atoms with E-state index in [0.29, 0.717) is 29.3 Å². The molecular formula is C19H20ClFN4O3S. The van der Waals surface area contributed by atoms with Crippen LogP contribution in [0.3, 0.4) is 0 Å². The lowest BCUT2D eigenvalue weighted by atomic mass is 10.2. The smallest absolute Gasteiger partial charge is 0.177 e. The van der Waals surface area contributed by atoms with Gasteiger partial charge in [-0.05, 0) is 44.4 Å². The number of halogens is 2. The second-order valence-corrected chi connectivity index (χ2v) is 9.42. The van der Waals surface area contributed by atoms with Gasteiger partial charge in [-0.3, -0.25) is 4.57 Å². The Labute approximate surface area is 172 Å². The number of pyridine rings is 1. The summed E-state index contributed by atoms with van der Waals surface area (Å²) in [4.78, 5) is 8.89. The molecule has 1 atom stereocenters. The average Bonchev–Trinajstić information content (AvgIpc) is 2.99. The van der Waals surface area contributed by atoms with Crippen LogP contribution in [-0.2, 0) is 14.6 Å². The number of imidazole rings is 1. The zero-order valence-electron chi connectivity index (χ0n) is 15.9. The van der Waals surface area contributed by atoms with Crippen LogP contribution >= 0.6 is 11.6 Å². The van der Waals surface area contributed by atoms with Crippen molar-refractivity contribution < 1.29 is 17.5 Å². The number of hydrogen-bond donors (Lipinski definition) is 1. The van der Waals surface area contributed by atoms with Crippen LogP contribution in [0.15, 0.2) is 29.2 Å². The Balaban J connectivity index is 1.84. The van der Waals surface area contributed by atoms with Crippen LogP contribution in [0.4, 0.5) is 15.8 Å². The van der Waals surface area contributed by atoms with Crippen LogP contribution in [-0.4, -0.2) is 35.8 Å². The highest BCUT2D eigenvalue weighted by molar-refractivity contribution is 7.90. The molecule has 3 heterocycles. The maximum atomic E-state index is 13.6. The Bertz CT molecular complexity index is 1190. The van der Waals surface area contributed by atoms with Gasteiger partial charge in [-0.2, -0.15) is 0 Å². The molecule has 0 spiro atoms. The van der Waals surface area contributed by atoms with Gasteiger partial charge in [0, 0.05) is 18.9 Å². The fraction of sp³-hybridized carbons (Fsp3) is 0.368. The average molecular weight is 439 g/mol. The largest absolute Gasteiger partial charge is 0.358 e. The molecule has 1 fully saturated rings. The Morgan fingerprint density at radius 3 is 2.72 bits per heavy atom. The molecule has 29 heavy (non-hydrogen) atoms. The quantitative estimate of drug-likeness (QED) is 0.608. The Hall–Kier alpha value is -2.23. The maximum Gasteiger partial charge on any atom is 0.177 e. The molecule has 0 bridgehead atoms. The van der Waals surface area contributed by atoms with Gasteiger partial charge >= 0.3 is 0 Å². The number of hydrogen-bond acceptors (Lipinski definition) is 6. The van der Waals surface area contributed by atoms with Crippen LogP contribution in [0.25, 0.3) is 11.2 Å². The summed E-state index contributed by atoms with van der Waals surface area (Å²) in [5.74, 6) is 0.0793. The van der Waals surface area contributed by atoms with Crippen molar-refractivity contribution in [1.29, 1.82) is 0 Å². The van der Waals surface area contributed by atoms with Crippen molar-refractivity contribution in [1.82, 2.24) is 14.5 Å². The predicted molar refractivity (Wildman–Crippen MR) is 109 cm³/mol. The second kappa shape index (κ2) is 7.55. The number of sulfone groups is 1. The fourth-order valence-electron chi connectivity index (χ4n) is 3.56. The highest BCUT2D eigenvalue weighted by Crippen LogP contribution is 2.34. The van der Waals surface area contributed by atoms with Crippen molar-refractivity contribution in [3.05, 3.63) is 41.1 Å². The van der Waals surface area contributed by atoms with Crippen molar-refractivity contribution >= 4 is 44.0 Å². The van der Waals surface area contributed by atoms with E-state index in [1.807, 2.05) is 11.5 Å². The van der Waals surface area contributed by atoms with Gasteiger partial charge in [0.15, 0.2) is 15.5 Å². The van der Waals surface area contributed by atoms with Gasteiger partial charge in [0.25, 0.3) is 0 Å². The molecule has 1 N–H and O–H groups in total. The topological polar surface area (TPSA) is 86.1 Å². The lowest BCUT2D eigenvalue weighted by Gasteiger charge is -2.25. The monoisotopic (exact) mass is 438 g/mol. The van der Waals surface area contributed by atoms with Gasteiger partial charge in [0.2, 0.25) is 0 Å². The van der Waals surface area contributed by atoms with Crippen LogP contribution in [0.2, 0.25) is 5.15 Å². The van der Waals surface area contributed by atoms with Crippen molar-refractivity contribution in [2.75, 3.05) is 18.2 Å². The van der Waals surface area contributed by atoms with Crippen LogP contribution in [0.5, 0.6) is 0 Å². The van der Waals surface area contributed by atoms with E-state index in [2.05, 4.69) is 15.3 Å². The lowest BCUT2D eigenvalue weighted by Crippen LogP contribution is -2.19. The van der Waals surface area contributed by atoms with Crippen molar-refractivity contribution in [2.24, 2.45) is 0 Å². The molecule has 1 aliphatic rings. The zero-order valence-corrected chi connectivity index (χ0v) is 17.5. The third-order valence-corrected chi connectivity index (χ3v) is 6.18. The van der Waals surface area contributed by atoms with E-state index < -0.39 is 15.7 Å². The van der Waals surface area contributed by atoms with Gasteiger partial charge in [-0.15, -0.1) is 0 Å². The Kier molecular flexibility index (Phi) is 5.22. The minimum absolute atomic E-state index is 0.148. The number of aromatic nitrogens is 3. The van der Waals surface area contributed by atoms with E-state index in [4.69, 9.17) is 16.3 Å². The number of fused-ring (bicyclic) bond motifs is 1. The van der Waals surface area contributed by atoms with E-state index >= 15 is 0 Å². The van der Waals surface area contributed by atoms with Crippen LogP contribution < -0.4 is 5.32 Å². The summed E-state index contributed by atoms with van der Waals surface area (Å²) in [6.07, 6.45) is 3.76. The minimum Gasteiger partial charge on any atom is -0.358 e. The van der Waals surface area contributed by atoms with Gasteiger partial charge in [-0.1, -0.05) is 11.6 Å². The molecule has 1 unspecified atom stereocenters. The SMILES string of the molecule is Cc1nc2c(Nc3ccc(F)cc3S(C)(=O)=O)cc(Cl)nc2n1C1CCCCO1. The summed E-state index contributed by atoms with van der Waals surface area (Å²) in [6, 6.07) is 5.12. The third-order valence-electron chi connectivity index (χ3n) is 4.85. The van der Waals surface area contributed by atoms with Gasteiger partial charge in [-0.25, -0.2) is 22.8 Å². The normalized spacial score (nSPS) is 17.6. The summed E-state index contributed by atoms with van der Waals surface area (Å²) < 4.78 is 45.7. The molecule has 0 amide bonds. The molecule has 4 rings (SSSR count). The molecule has 3 aromatic rings. The summed E-state index contributed by atoms with van der Waals surface area (Å²) in [6.45, 7) is 2.53. The Morgan fingerprint density at radius 2 is 2.03 bits per heavy atom. The summed E-state index contributed by atoms with van der Waals surface area (Å²) in [5.41, 5.74) is 1.80. The van der Waals surface area contributed by atoms with Crippen molar-refractivity contribution in [3.8, 4) is 0 Å². The number of nitrogens with zero attached hydrogens (tertiary/aromatic N) is 3. The maximum absolute atomic E-state index is 13.6. The highest BCUT2D eigenvalue weighted by atomic mass is 35.5. The predicted octanol–water partition coefficient (Wildman–Crippen LogP) is 4.38. The number of ether oxygens (including phenoxy) is 1. The van der Waals surface area contributed by atoms with E-state index in [1.54, 1.807) is 6.07 Å². The third kappa shape index (κ3) is 3.94. The number of benzene rings is 1. The second-order valence-electron chi connectivity index (χ2n) is 7.05. The van der Waals surface area contributed by atoms with Crippen LogP contribution in [0.1, 0.15) is 31.3 Å². The fourth-order valence-corrected chi connectivity index (χ4v) is 4.59. The molecule has 1 aromatic carbocycles. The molecule has 2 aromatic heterocycles. The first kappa shape index (κ1) is 20.1. The first-order valence-electron chi connectivity index (χ1n) is 9.17. The van der Waals surface area contributed by atoms with Gasteiger partial charge < -0.3 is 10.1 Å². The lowest BCUT2D eigenvalue weighted by molar-refractivity contribution is -0.0309. The number of anilines is 2. The molecular weight excluding hydrogens is 419 g/mol.